The van der Waals surface area contributed by atoms with Gasteiger partial charge in [0.15, 0.2) is 11.7 Å². The van der Waals surface area contributed by atoms with Crippen molar-refractivity contribution in [3.8, 4) is 23.0 Å². The van der Waals surface area contributed by atoms with Gasteiger partial charge in [-0.05, 0) is 54.6 Å². The number of anilines is 1. The smallest absolute Gasteiger partial charge is 0.264 e. The van der Waals surface area contributed by atoms with Gasteiger partial charge in [0.25, 0.3) is 5.91 Å². The molecule has 0 aliphatic rings. The molecular formula is C22H18N2O4S. The largest absolute Gasteiger partial charge is 0.497 e. The molecule has 1 heterocycles. The van der Waals surface area contributed by atoms with Crippen LogP contribution in [0.25, 0.3) is 10.2 Å². The van der Waals surface area contributed by atoms with Crippen molar-refractivity contribution in [3.63, 3.8) is 0 Å². The molecule has 0 aliphatic heterocycles. The van der Waals surface area contributed by atoms with Gasteiger partial charge in [-0.15, -0.1) is 0 Å². The zero-order valence-corrected chi connectivity index (χ0v) is 16.4. The minimum absolute atomic E-state index is 0.113. The number of aromatic nitrogens is 1. The number of para-hydroxylation sites is 1. The van der Waals surface area contributed by atoms with E-state index in [9.17, 15) is 4.79 Å². The maximum Gasteiger partial charge on any atom is 0.264 e. The second-order valence-corrected chi connectivity index (χ2v) is 7.11. The van der Waals surface area contributed by atoms with E-state index < -0.39 is 0 Å². The fraction of sp³-hybridized carbons (Fsp3) is 0.0909. The summed E-state index contributed by atoms with van der Waals surface area (Å²) < 4.78 is 17.4. The number of nitrogens with one attached hydrogen (secondary N) is 1. The normalized spacial score (nSPS) is 10.5. The zero-order valence-electron chi connectivity index (χ0n) is 15.6. The van der Waals surface area contributed by atoms with Crippen molar-refractivity contribution in [2.45, 2.75) is 0 Å². The molecule has 0 spiro atoms. The van der Waals surface area contributed by atoms with Gasteiger partial charge in [0.1, 0.15) is 23.0 Å². The van der Waals surface area contributed by atoms with Gasteiger partial charge in [0.05, 0.1) is 17.3 Å². The predicted octanol–water partition coefficient (Wildman–Crippen LogP) is 5.11. The molecule has 3 aromatic carbocycles. The fourth-order valence-corrected chi connectivity index (χ4v) is 3.53. The summed E-state index contributed by atoms with van der Waals surface area (Å²) in [4.78, 5) is 16.6. The number of hydrogen-bond acceptors (Lipinski definition) is 6. The van der Waals surface area contributed by atoms with Crippen molar-refractivity contribution < 1.29 is 19.0 Å². The third kappa shape index (κ3) is 4.83. The lowest BCUT2D eigenvalue weighted by atomic mass is 10.3. The maximum atomic E-state index is 12.2. The van der Waals surface area contributed by atoms with Crippen LogP contribution in [0.15, 0.2) is 72.8 Å². The molecule has 4 aromatic rings. The average molecular weight is 406 g/mol. The van der Waals surface area contributed by atoms with Crippen molar-refractivity contribution in [2.75, 3.05) is 19.0 Å². The van der Waals surface area contributed by atoms with E-state index in [1.54, 1.807) is 31.4 Å². The van der Waals surface area contributed by atoms with Gasteiger partial charge >= 0.3 is 0 Å². The Morgan fingerprint density at radius 3 is 2.38 bits per heavy atom. The summed E-state index contributed by atoms with van der Waals surface area (Å²) in [5.74, 6) is 2.50. The summed E-state index contributed by atoms with van der Waals surface area (Å²) in [5.41, 5.74) is 0.807. The van der Waals surface area contributed by atoms with Gasteiger partial charge in [-0.3, -0.25) is 10.1 Å². The van der Waals surface area contributed by atoms with Crippen LogP contribution in [-0.4, -0.2) is 24.6 Å². The van der Waals surface area contributed by atoms with Crippen LogP contribution in [0.2, 0.25) is 0 Å². The van der Waals surface area contributed by atoms with E-state index in [4.69, 9.17) is 14.2 Å². The zero-order chi connectivity index (χ0) is 20.1. The summed E-state index contributed by atoms with van der Waals surface area (Å²) in [6.07, 6.45) is 0. The highest BCUT2D eigenvalue weighted by atomic mass is 32.1. The van der Waals surface area contributed by atoms with Crippen LogP contribution in [0.3, 0.4) is 0 Å². The quantitative estimate of drug-likeness (QED) is 0.462. The number of ether oxygens (including phenoxy) is 3. The van der Waals surface area contributed by atoms with E-state index in [-0.39, 0.29) is 12.5 Å². The lowest BCUT2D eigenvalue weighted by Crippen LogP contribution is -2.19. The number of fused-ring (bicyclic) bond motifs is 1. The highest BCUT2D eigenvalue weighted by molar-refractivity contribution is 7.22. The number of amides is 1. The monoisotopic (exact) mass is 406 g/mol. The van der Waals surface area contributed by atoms with Crippen molar-refractivity contribution >= 4 is 32.6 Å². The molecule has 7 heteroatoms. The third-order valence-corrected chi connectivity index (χ3v) is 4.95. The van der Waals surface area contributed by atoms with Gasteiger partial charge in [-0.25, -0.2) is 4.98 Å². The first kappa shape index (κ1) is 18.8. The van der Waals surface area contributed by atoms with Gasteiger partial charge in [-0.2, -0.15) is 0 Å². The Balaban J connectivity index is 1.31. The first-order chi connectivity index (χ1) is 14.2. The molecule has 1 amide bonds. The molecule has 0 saturated heterocycles. The van der Waals surface area contributed by atoms with E-state index in [1.807, 2.05) is 48.5 Å². The summed E-state index contributed by atoms with van der Waals surface area (Å²) in [7, 11) is 1.61. The third-order valence-electron chi connectivity index (χ3n) is 4.01. The van der Waals surface area contributed by atoms with Crippen LogP contribution in [-0.2, 0) is 4.79 Å². The van der Waals surface area contributed by atoms with Crippen LogP contribution in [0.1, 0.15) is 0 Å². The molecule has 29 heavy (non-hydrogen) atoms. The molecule has 1 N–H and O–H groups in total. The van der Waals surface area contributed by atoms with E-state index in [2.05, 4.69) is 10.3 Å². The molecule has 0 fully saturated rings. The summed E-state index contributed by atoms with van der Waals surface area (Å²) in [6, 6.07) is 22.2. The van der Waals surface area contributed by atoms with Crippen LogP contribution >= 0.6 is 11.3 Å². The molecule has 1 aromatic heterocycles. The summed E-state index contributed by atoms with van der Waals surface area (Å²) >= 11 is 1.38. The van der Waals surface area contributed by atoms with Crippen LogP contribution < -0.4 is 19.5 Å². The Hall–Kier alpha value is -3.58. The second-order valence-electron chi connectivity index (χ2n) is 6.08. The molecule has 146 valence electrons. The van der Waals surface area contributed by atoms with Crippen LogP contribution in [0.4, 0.5) is 5.13 Å². The van der Waals surface area contributed by atoms with Gasteiger partial charge < -0.3 is 14.2 Å². The fourth-order valence-electron chi connectivity index (χ4n) is 2.62. The highest BCUT2D eigenvalue weighted by Crippen LogP contribution is 2.29. The van der Waals surface area contributed by atoms with Crippen molar-refractivity contribution in [2.24, 2.45) is 0 Å². The topological polar surface area (TPSA) is 69.7 Å². The van der Waals surface area contributed by atoms with Crippen molar-refractivity contribution in [1.29, 1.82) is 0 Å². The minimum atomic E-state index is -0.277. The van der Waals surface area contributed by atoms with Crippen molar-refractivity contribution in [3.05, 3.63) is 72.8 Å². The standard InChI is InChI=1S/C22H18N2O4S/c1-26-18-11-12-19-20(13-18)29-22(23-19)24-21(25)14-27-15-7-9-17(10-8-15)28-16-5-3-2-4-6-16/h2-13H,14H2,1H3,(H,23,24,25). The Labute approximate surface area is 171 Å². The molecule has 0 atom stereocenters. The lowest BCUT2D eigenvalue weighted by molar-refractivity contribution is -0.118. The number of benzene rings is 3. The van der Waals surface area contributed by atoms with E-state index in [1.165, 1.54) is 11.3 Å². The number of carbonyl (C=O) groups excluding carboxylic acids is 1. The maximum absolute atomic E-state index is 12.2. The van der Waals surface area contributed by atoms with E-state index >= 15 is 0 Å². The first-order valence-corrected chi connectivity index (χ1v) is 9.71. The number of hydrogen-bond donors (Lipinski definition) is 1. The average Bonchev–Trinajstić information content (AvgIpc) is 3.15. The molecule has 0 aliphatic carbocycles. The SMILES string of the molecule is COc1ccc2nc(NC(=O)COc3ccc(Oc4ccccc4)cc3)sc2c1. The predicted molar refractivity (Wildman–Crippen MR) is 113 cm³/mol. The molecule has 0 unspecified atom stereocenters. The number of nitrogens with zero attached hydrogens (tertiary/aromatic N) is 1. The van der Waals surface area contributed by atoms with Crippen LogP contribution in [0.5, 0.6) is 23.0 Å². The molecule has 0 radical (unpaired) electrons. The molecule has 4 rings (SSSR count). The molecule has 6 nitrogen and oxygen atoms in total. The Bertz CT molecular complexity index is 1110. The van der Waals surface area contributed by atoms with Crippen molar-refractivity contribution in [1.82, 2.24) is 4.98 Å². The number of thiazole rings is 1. The number of carbonyl (C=O) groups is 1. The van der Waals surface area contributed by atoms with Gasteiger partial charge in [0.2, 0.25) is 0 Å². The van der Waals surface area contributed by atoms with E-state index in [0.29, 0.717) is 16.6 Å². The minimum Gasteiger partial charge on any atom is -0.497 e. The molecule has 0 saturated carbocycles. The Morgan fingerprint density at radius 2 is 1.62 bits per heavy atom. The van der Waals surface area contributed by atoms with Crippen LogP contribution in [0, 0.1) is 0 Å². The highest BCUT2D eigenvalue weighted by Gasteiger charge is 2.09. The molecular weight excluding hydrogens is 388 g/mol. The van der Waals surface area contributed by atoms with Gasteiger partial charge in [0, 0.05) is 0 Å². The summed E-state index contributed by atoms with van der Waals surface area (Å²) in [6.45, 7) is -0.113. The molecule has 0 bridgehead atoms. The van der Waals surface area contributed by atoms with E-state index in [0.717, 1.165) is 21.7 Å². The first-order valence-electron chi connectivity index (χ1n) is 8.90. The Morgan fingerprint density at radius 1 is 0.931 bits per heavy atom. The number of methoxy groups -OCH3 is 1. The Kier molecular flexibility index (Phi) is 5.58. The number of rotatable bonds is 7. The second kappa shape index (κ2) is 8.62. The van der Waals surface area contributed by atoms with Gasteiger partial charge in [-0.1, -0.05) is 29.5 Å². The lowest BCUT2D eigenvalue weighted by Gasteiger charge is -2.08. The summed E-state index contributed by atoms with van der Waals surface area (Å²) in [5, 5.41) is 3.28.